The van der Waals surface area contributed by atoms with Crippen LogP contribution >= 0.6 is 0 Å². The van der Waals surface area contributed by atoms with E-state index in [0.717, 1.165) is 17.5 Å². The van der Waals surface area contributed by atoms with Crippen molar-refractivity contribution in [2.24, 2.45) is 5.73 Å². The first-order valence-electron chi connectivity index (χ1n) is 6.31. The van der Waals surface area contributed by atoms with Crippen molar-refractivity contribution < 1.29 is 9.53 Å². The number of ether oxygens (including phenoxy) is 1. The van der Waals surface area contributed by atoms with E-state index in [1.807, 2.05) is 24.3 Å². The van der Waals surface area contributed by atoms with Gasteiger partial charge in [-0.1, -0.05) is 25.1 Å². The van der Waals surface area contributed by atoms with E-state index in [1.165, 1.54) is 0 Å². The standard InChI is InChI=1S/C14H22N2O2/c1-3-12-6-4-5-7-13(12)14(17)16(2)9-11-18-10-8-15/h4-7H,3,8-11,15H2,1-2H3. The Morgan fingerprint density at radius 2 is 2.06 bits per heavy atom. The molecule has 1 rings (SSSR count). The van der Waals surface area contributed by atoms with Gasteiger partial charge in [0.1, 0.15) is 0 Å². The van der Waals surface area contributed by atoms with E-state index in [2.05, 4.69) is 6.92 Å². The Bertz CT molecular complexity index is 380. The average Bonchev–Trinajstić information content (AvgIpc) is 2.42. The third-order valence-corrected chi connectivity index (χ3v) is 2.81. The number of aryl methyl sites for hydroxylation is 1. The summed E-state index contributed by atoms with van der Waals surface area (Å²) in [5.41, 5.74) is 7.19. The molecule has 1 aromatic carbocycles. The summed E-state index contributed by atoms with van der Waals surface area (Å²) < 4.78 is 5.28. The maximum atomic E-state index is 12.2. The molecule has 1 amide bonds. The molecule has 0 spiro atoms. The number of amides is 1. The summed E-state index contributed by atoms with van der Waals surface area (Å²) in [6.45, 7) is 4.20. The van der Waals surface area contributed by atoms with Gasteiger partial charge in [-0.05, 0) is 18.1 Å². The van der Waals surface area contributed by atoms with E-state index in [4.69, 9.17) is 10.5 Å². The van der Waals surface area contributed by atoms with Gasteiger partial charge in [0.25, 0.3) is 5.91 Å². The lowest BCUT2D eigenvalue weighted by molar-refractivity contribution is 0.0703. The molecule has 1 aromatic rings. The zero-order valence-corrected chi connectivity index (χ0v) is 11.2. The van der Waals surface area contributed by atoms with Crippen LogP contribution < -0.4 is 5.73 Å². The lowest BCUT2D eigenvalue weighted by atomic mass is 10.0. The zero-order chi connectivity index (χ0) is 13.4. The molecule has 0 heterocycles. The molecular weight excluding hydrogens is 228 g/mol. The highest BCUT2D eigenvalue weighted by Crippen LogP contribution is 2.11. The normalized spacial score (nSPS) is 10.4. The third kappa shape index (κ3) is 4.13. The number of carbonyl (C=O) groups is 1. The Morgan fingerprint density at radius 3 is 2.72 bits per heavy atom. The first-order chi connectivity index (χ1) is 8.70. The van der Waals surface area contributed by atoms with Crippen LogP contribution in [0.2, 0.25) is 0 Å². The number of rotatable bonds is 7. The molecule has 4 nitrogen and oxygen atoms in total. The molecule has 0 aliphatic carbocycles. The summed E-state index contributed by atoms with van der Waals surface area (Å²) in [7, 11) is 1.79. The molecule has 2 N–H and O–H groups in total. The fourth-order valence-corrected chi connectivity index (χ4v) is 1.73. The molecule has 0 unspecified atom stereocenters. The quantitative estimate of drug-likeness (QED) is 0.742. The summed E-state index contributed by atoms with van der Waals surface area (Å²) in [6, 6.07) is 7.72. The molecule has 0 fully saturated rings. The summed E-state index contributed by atoms with van der Waals surface area (Å²) >= 11 is 0. The molecule has 0 bridgehead atoms. The fraction of sp³-hybridized carbons (Fsp3) is 0.500. The summed E-state index contributed by atoms with van der Waals surface area (Å²) in [6.07, 6.45) is 0.861. The maximum absolute atomic E-state index is 12.2. The van der Waals surface area contributed by atoms with Gasteiger partial charge in [-0.2, -0.15) is 0 Å². The molecule has 4 heteroatoms. The van der Waals surface area contributed by atoms with E-state index in [0.29, 0.717) is 26.3 Å². The molecule has 0 radical (unpaired) electrons. The van der Waals surface area contributed by atoms with Crippen molar-refractivity contribution in [2.75, 3.05) is 33.4 Å². The van der Waals surface area contributed by atoms with E-state index < -0.39 is 0 Å². The van der Waals surface area contributed by atoms with Crippen molar-refractivity contribution in [3.63, 3.8) is 0 Å². The molecular formula is C14H22N2O2. The largest absolute Gasteiger partial charge is 0.378 e. The van der Waals surface area contributed by atoms with Crippen LogP contribution in [0.15, 0.2) is 24.3 Å². The highest BCUT2D eigenvalue weighted by Gasteiger charge is 2.13. The number of hydrogen-bond acceptors (Lipinski definition) is 3. The fourth-order valence-electron chi connectivity index (χ4n) is 1.73. The van der Waals surface area contributed by atoms with Gasteiger partial charge in [0, 0.05) is 25.7 Å². The second-order valence-electron chi connectivity index (χ2n) is 4.14. The molecule has 0 aliphatic rings. The van der Waals surface area contributed by atoms with Crippen LogP contribution in [-0.4, -0.2) is 44.2 Å². The Kier molecular flexibility index (Phi) is 6.39. The first kappa shape index (κ1) is 14.7. The van der Waals surface area contributed by atoms with Crippen molar-refractivity contribution in [1.29, 1.82) is 0 Å². The van der Waals surface area contributed by atoms with Crippen molar-refractivity contribution in [3.8, 4) is 0 Å². The topological polar surface area (TPSA) is 55.6 Å². The molecule has 0 aromatic heterocycles. The summed E-state index contributed by atoms with van der Waals surface area (Å²) in [4.78, 5) is 13.9. The molecule has 0 aliphatic heterocycles. The lowest BCUT2D eigenvalue weighted by Gasteiger charge is -2.18. The van der Waals surface area contributed by atoms with Crippen molar-refractivity contribution in [3.05, 3.63) is 35.4 Å². The van der Waals surface area contributed by atoms with Crippen molar-refractivity contribution in [2.45, 2.75) is 13.3 Å². The van der Waals surface area contributed by atoms with Crippen LogP contribution in [0.4, 0.5) is 0 Å². The second kappa shape index (κ2) is 7.84. The second-order valence-corrected chi connectivity index (χ2v) is 4.14. The Morgan fingerprint density at radius 1 is 1.33 bits per heavy atom. The Hall–Kier alpha value is -1.39. The monoisotopic (exact) mass is 250 g/mol. The predicted octanol–water partition coefficient (Wildman–Crippen LogP) is 1.30. The van der Waals surface area contributed by atoms with Gasteiger partial charge >= 0.3 is 0 Å². The number of likely N-dealkylation sites (N-methyl/N-ethyl adjacent to an activating group) is 1. The highest BCUT2D eigenvalue weighted by atomic mass is 16.5. The van der Waals surface area contributed by atoms with Crippen molar-refractivity contribution >= 4 is 5.91 Å². The SMILES string of the molecule is CCc1ccccc1C(=O)N(C)CCOCCN. The molecule has 0 atom stereocenters. The first-order valence-corrected chi connectivity index (χ1v) is 6.31. The molecule has 0 saturated heterocycles. The minimum atomic E-state index is 0.0452. The Balaban J connectivity index is 2.57. The van der Waals surface area contributed by atoms with Crippen LogP contribution in [-0.2, 0) is 11.2 Å². The van der Waals surface area contributed by atoms with E-state index >= 15 is 0 Å². The number of nitrogens with zero attached hydrogens (tertiary/aromatic N) is 1. The molecule has 18 heavy (non-hydrogen) atoms. The van der Waals surface area contributed by atoms with Gasteiger partial charge < -0.3 is 15.4 Å². The highest BCUT2D eigenvalue weighted by molar-refractivity contribution is 5.95. The van der Waals surface area contributed by atoms with E-state index in [1.54, 1.807) is 11.9 Å². The third-order valence-electron chi connectivity index (χ3n) is 2.81. The van der Waals surface area contributed by atoms with Gasteiger partial charge in [0.05, 0.1) is 13.2 Å². The number of benzene rings is 1. The zero-order valence-electron chi connectivity index (χ0n) is 11.2. The molecule has 0 saturated carbocycles. The number of carbonyl (C=O) groups excluding carboxylic acids is 1. The Labute approximate surface area is 109 Å². The van der Waals surface area contributed by atoms with Gasteiger partial charge in [0.2, 0.25) is 0 Å². The van der Waals surface area contributed by atoms with Crippen LogP contribution in [0.5, 0.6) is 0 Å². The lowest BCUT2D eigenvalue weighted by Crippen LogP contribution is -2.31. The van der Waals surface area contributed by atoms with E-state index in [9.17, 15) is 4.79 Å². The predicted molar refractivity (Wildman–Crippen MR) is 72.7 cm³/mol. The van der Waals surface area contributed by atoms with Crippen LogP contribution in [0.25, 0.3) is 0 Å². The minimum absolute atomic E-state index is 0.0452. The number of nitrogens with two attached hydrogens (primary N) is 1. The number of hydrogen-bond donors (Lipinski definition) is 1. The summed E-state index contributed by atoms with van der Waals surface area (Å²) in [5, 5.41) is 0. The average molecular weight is 250 g/mol. The van der Waals surface area contributed by atoms with Crippen LogP contribution in [0.1, 0.15) is 22.8 Å². The van der Waals surface area contributed by atoms with Crippen molar-refractivity contribution in [1.82, 2.24) is 4.90 Å². The van der Waals surface area contributed by atoms with E-state index in [-0.39, 0.29) is 5.91 Å². The van der Waals surface area contributed by atoms with Gasteiger partial charge in [-0.3, -0.25) is 4.79 Å². The van der Waals surface area contributed by atoms with Gasteiger partial charge in [-0.25, -0.2) is 0 Å². The van der Waals surface area contributed by atoms with Gasteiger partial charge in [-0.15, -0.1) is 0 Å². The van der Waals surface area contributed by atoms with Crippen LogP contribution in [0, 0.1) is 0 Å². The van der Waals surface area contributed by atoms with Crippen LogP contribution in [0.3, 0.4) is 0 Å². The smallest absolute Gasteiger partial charge is 0.253 e. The maximum Gasteiger partial charge on any atom is 0.253 e. The van der Waals surface area contributed by atoms with Gasteiger partial charge in [0.15, 0.2) is 0 Å². The minimum Gasteiger partial charge on any atom is -0.378 e. The molecule has 100 valence electrons. The summed E-state index contributed by atoms with van der Waals surface area (Å²) in [5.74, 6) is 0.0452.